The quantitative estimate of drug-likeness (QED) is 0.543. The minimum Gasteiger partial charge on any atom is -0.282 e. The van der Waals surface area contributed by atoms with Crippen LogP contribution < -0.4 is 0 Å². The highest BCUT2D eigenvalue weighted by molar-refractivity contribution is 7.85. The molecule has 0 amide bonds. The zero-order chi connectivity index (χ0) is 16.3. The molecule has 1 aliphatic carbocycles. The number of hydrogen-bond donors (Lipinski definition) is 1. The summed E-state index contributed by atoms with van der Waals surface area (Å²) in [4.78, 5) is 3.74. The Morgan fingerprint density at radius 2 is 1.52 bits per heavy atom. The summed E-state index contributed by atoms with van der Waals surface area (Å²) >= 11 is 0. The maximum Gasteiger partial charge on any atom is 0.294 e. The highest BCUT2D eigenvalue weighted by Gasteiger charge is 2.20. The van der Waals surface area contributed by atoms with Gasteiger partial charge in [-0.2, -0.15) is 8.42 Å². The molecule has 4 rings (SSSR count). The van der Waals surface area contributed by atoms with Crippen LogP contribution in [0.4, 0.5) is 0 Å². The maximum atomic E-state index is 11.1. The second kappa shape index (κ2) is 6.32. The van der Waals surface area contributed by atoms with Crippen LogP contribution in [0.3, 0.4) is 0 Å². The van der Waals surface area contributed by atoms with Crippen molar-refractivity contribution < 1.29 is 13.0 Å². The molecule has 0 unspecified atom stereocenters. The number of fused-ring (bicyclic) bond motifs is 3. The molecular weight excluding hydrogens is 310 g/mol. The van der Waals surface area contributed by atoms with Gasteiger partial charge in [0.1, 0.15) is 0 Å². The number of pyridine rings is 1. The van der Waals surface area contributed by atoms with Gasteiger partial charge in [0.05, 0.1) is 4.90 Å². The van der Waals surface area contributed by atoms with Crippen molar-refractivity contribution in [3.8, 4) is 11.1 Å². The first-order valence-electron chi connectivity index (χ1n) is 7.09. The third kappa shape index (κ3) is 3.47. The molecule has 1 aliphatic rings. The van der Waals surface area contributed by atoms with Gasteiger partial charge < -0.3 is 0 Å². The summed E-state index contributed by atoms with van der Waals surface area (Å²) in [6.45, 7) is 0. The second-order valence-electron chi connectivity index (χ2n) is 5.15. The minimum absolute atomic E-state index is 0.0482. The average Bonchev–Trinajstić information content (AvgIpc) is 2.94. The summed E-state index contributed by atoms with van der Waals surface area (Å²) in [6.07, 6.45) is 4.32. The van der Waals surface area contributed by atoms with Crippen molar-refractivity contribution in [1.82, 2.24) is 4.98 Å². The fourth-order valence-corrected chi connectivity index (χ4v) is 3.08. The molecule has 0 atom stereocenters. The summed E-state index contributed by atoms with van der Waals surface area (Å²) in [6, 6.07) is 18.3. The molecule has 0 saturated heterocycles. The Hall–Kier alpha value is -2.50. The lowest BCUT2D eigenvalue weighted by Crippen LogP contribution is -1.98. The van der Waals surface area contributed by atoms with Crippen molar-refractivity contribution in [3.05, 3.63) is 84.2 Å². The van der Waals surface area contributed by atoms with E-state index in [1.54, 1.807) is 18.5 Å². The van der Waals surface area contributed by atoms with Crippen LogP contribution in [0, 0.1) is 0 Å². The van der Waals surface area contributed by atoms with Gasteiger partial charge in [0.2, 0.25) is 0 Å². The first-order valence-corrected chi connectivity index (χ1v) is 8.53. The molecule has 23 heavy (non-hydrogen) atoms. The standard InChI is InChI=1S/C13H10O3S.C5H5N/c14-17(15,16)11-6-5-10-7-9-3-1-2-4-12(9)13(10)8-11;1-2-4-6-5-3-1/h1-6,8H,7H2,(H,14,15,16);1-5H. The Bertz CT molecular complexity index is 895. The predicted molar refractivity (Wildman–Crippen MR) is 88.7 cm³/mol. The van der Waals surface area contributed by atoms with Crippen LogP contribution in [-0.2, 0) is 16.5 Å². The van der Waals surface area contributed by atoms with E-state index in [9.17, 15) is 8.42 Å². The van der Waals surface area contributed by atoms with Gasteiger partial charge in [-0.15, -0.1) is 0 Å². The molecule has 3 aromatic rings. The van der Waals surface area contributed by atoms with Crippen molar-refractivity contribution in [1.29, 1.82) is 0 Å². The third-order valence-corrected chi connectivity index (χ3v) is 4.48. The van der Waals surface area contributed by atoms with Crippen molar-refractivity contribution in [2.45, 2.75) is 11.3 Å². The zero-order valence-electron chi connectivity index (χ0n) is 12.3. The van der Waals surface area contributed by atoms with Gasteiger partial charge in [0.25, 0.3) is 10.1 Å². The Morgan fingerprint density at radius 3 is 2.13 bits per heavy atom. The van der Waals surface area contributed by atoms with Gasteiger partial charge >= 0.3 is 0 Å². The van der Waals surface area contributed by atoms with Crippen molar-refractivity contribution in [2.24, 2.45) is 0 Å². The largest absolute Gasteiger partial charge is 0.294 e. The Kier molecular flexibility index (Phi) is 4.23. The van der Waals surface area contributed by atoms with Gasteiger partial charge in [-0.05, 0) is 52.9 Å². The topological polar surface area (TPSA) is 67.3 Å². The SMILES string of the molecule is O=S(=O)(O)c1ccc2c(c1)-c1ccccc1C2.c1ccncc1. The van der Waals surface area contributed by atoms with Crippen LogP contribution in [0.15, 0.2) is 78.0 Å². The Morgan fingerprint density at radius 1 is 0.826 bits per heavy atom. The second-order valence-corrected chi connectivity index (χ2v) is 6.57. The predicted octanol–water partition coefficient (Wildman–Crippen LogP) is 3.59. The molecule has 1 aromatic heterocycles. The van der Waals surface area contributed by atoms with E-state index in [1.165, 1.54) is 17.7 Å². The summed E-state index contributed by atoms with van der Waals surface area (Å²) in [5.74, 6) is 0. The van der Waals surface area contributed by atoms with Gasteiger partial charge in [-0.25, -0.2) is 0 Å². The summed E-state index contributed by atoms with van der Waals surface area (Å²) in [5, 5.41) is 0. The first kappa shape index (κ1) is 15.4. The monoisotopic (exact) mass is 325 g/mol. The van der Waals surface area contributed by atoms with E-state index in [0.29, 0.717) is 0 Å². The van der Waals surface area contributed by atoms with E-state index in [-0.39, 0.29) is 4.90 Å². The molecule has 4 nitrogen and oxygen atoms in total. The van der Waals surface area contributed by atoms with Gasteiger partial charge in [-0.1, -0.05) is 36.4 Å². The molecule has 1 N–H and O–H groups in total. The highest BCUT2D eigenvalue weighted by atomic mass is 32.2. The highest BCUT2D eigenvalue weighted by Crippen LogP contribution is 2.37. The van der Waals surface area contributed by atoms with Crippen LogP contribution >= 0.6 is 0 Å². The molecule has 0 fully saturated rings. The van der Waals surface area contributed by atoms with Crippen LogP contribution in [0.1, 0.15) is 11.1 Å². The third-order valence-electron chi connectivity index (χ3n) is 3.63. The van der Waals surface area contributed by atoms with Crippen molar-refractivity contribution >= 4 is 10.1 Å². The van der Waals surface area contributed by atoms with E-state index in [4.69, 9.17) is 4.55 Å². The fourth-order valence-electron chi connectivity index (χ4n) is 2.58. The maximum absolute atomic E-state index is 11.1. The molecule has 1 heterocycles. The number of benzene rings is 2. The van der Waals surface area contributed by atoms with Crippen molar-refractivity contribution in [3.63, 3.8) is 0 Å². The molecular formula is C18H15NO3S. The van der Waals surface area contributed by atoms with Crippen molar-refractivity contribution in [2.75, 3.05) is 0 Å². The first-order chi connectivity index (χ1) is 11.1. The number of aromatic nitrogens is 1. The van der Waals surface area contributed by atoms with Crippen LogP contribution in [0.2, 0.25) is 0 Å². The minimum atomic E-state index is -4.13. The molecule has 0 radical (unpaired) electrons. The molecule has 116 valence electrons. The number of rotatable bonds is 1. The van der Waals surface area contributed by atoms with Crippen LogP contribution in [-0.4, -0.2) is 18.0 Å². The summed E-state index contributed by atoms with van der Waals surface area (Å²) in [7, 11) is -4.13. The number of nitrogens with zero attached hydrogens (tertiary/aromatic N) is 1. The van der Waals surface area contributed by atoms with Gasteiger partial charge in [0.15, 0.2) is 0 Å². The fraction of sp³-hybridized carbons (Fsp3) is 0.0556. The molecule has 0 saturated carbocycles. The Labute approximate surface area is 135 Å². The van der Waals surface area contributed by atoms with E-state index in [0.717, 1.165) is 23.1 Å². The van der Waals surface area contributed by atoms with Crippen LogP contribution in [0.25, 0.3) is 11.1 Å². The summed E-state index contributed by atoms with van der Waals surface area (Å²) in [5.41, 5.74) is 4.23. The zero-order valence-corrected chi connectivity index (χ0v) is 13.1. The lowest BCUT2D eigenvalue weighted by molar-refractivity contribution is 0.483. The van der Waals surface area contributed by atoms with Gasteiger partial charge in [-0.3, -0.25) is 9.54 Å². The van der Waals surface area contributed by atoms with E-state index >= 15 is 0 Å². The Balaban J connectivity index is 0.000000220. The average molecular weight is 325 g/mol. The van der Waals surface area contributed by atoms with E-state index < -0.39 is 10.1 Å². The van der Waals surface area contributed by atoms with Gasteiger partial charge in [0, 0.05) is 12.4 Å². The smallest absolute Gasteiger partial charge is 0.282 e. The summed E-state index contributed by atoms with van der Waals surface area (Å²) < 4.78 is 31.2. The number of hydrogen-bond acceptors (Lipinski definition) is 3. The van der Waals surface area contributed by atoms with E-state index in [2.05, 4.69) is 4.98 Å². The molecule has 2 aromatic carbocycles. The lowest BCUT2D eigenvalue weighted by Gasteiger charge is -2.03. The van der Waals surface area contributed by atoms with E-state index in [1.807, 2.05) is 42.5 Å². The molecule has 0 spiro atoms. The molecule has 5 heteroatoms. The molecule has 0 aliphatic heterocycles. The van der Waals surface area contributed by atoms with Crippen LogP contribution in [0.5, 0.6) is 0 Å². The normalized spacial score (nSPS) is 11.9. The molecule has 0 bridgehead atoms. The lowest BCUT2D eigenvalue weighted by atomic mass is 10.1.